The van der Waals surface area contributed by atoms with Crippen LogP contribution in [0.5, 0.6) is 5.75 Å². The number of likely N-dealkylation sites (N-methyl/N-ethyl adjacent to an activating group) is 1. The highest BCUT2D eigenvalue weighted by atomic mass is 35.5. The number of anilines is 1. The van der Waals surface area contributed by atoms with Gasteiger partial charge in [0.2, 0.25) is 0 Å². The molecule has 2 aromatic carbocycles. The maximum Gasteiger partial charge on any atom is 0.275 e. The lowest BCUT2D eigenvalue weighted by atomic mass is 10.0. The van der Waals surface area contributed by atoms with Crippen LogP contribution < -0.4 is 9.64 Å². The molecule has 2 aliphatic heterocycles. The minimum absolute atomic E-state index is 0.0283. The summed E-state index contributed by atoms with van der Waals surface area (Å²) in [5.41, 5.74) is 2.33. The van der Waals surface area contributed by atoms with Crippen molar-refractivity contribution in [2.24, 2.45) is 0 Å². The summed E-state index contributed by atoms with van der Waals surface area (Å²) < 4.78 is 7.69. The number of ether oxygens (including phenoxy) is 1. The number of carbonyl (C=O) groups is 2. The highest BCUT2D eigenvalue weighted by Gasteiger charge is 2.41. The Hall–Kier alpha value is -3.80. The number of aromatic nitrogens is 2. The molecule has 3 heterocycles. The summed E-state index contributed by atoms with van der Waals surface area (Å²) >= 11 is 6.62. The number of benzene rings is 2. The second kappa shape index (κ2) is 10.1. The van der Waals surface area contributed by atoms with Gasteiger partial charge in [0.05, 0.1) is 12.2 Å². The summed E-state index contributed by atoms with van der Waals surface area (Å²) in [5.74, 6) is 6.04. The van der Waals surface area contributed by atoms with Gasteiger partial charge in [0, 0.05) is 24.7 Å². The molecule has 0 radical (unpaired) electrons. The normalized spacial score (nSPS) is 20.0. The number of aliphatic hydroxyl groups is 1. The van der Waals surface area contributed by atoms with Crippen LogP contribution in [0.4, 0.5) is 5.69 Å². The molecule has 1 fully saturated rings. The molecular weight excluding hydrogens is 516 g/mol. The van der Waals surface area contributed by atoms with Crippen molar-refractivity contribution in [2.75, 3.05) is 25.1 Å². The van der Waals surface area contributed by atoms with Gasteiger partial charge in [-0.05, 0) is 55.9 Å². The topological polar surface area (TPSA) is 87.9 Å². The summed E-state index contributed by atoms with van der Waals surface area (Å²) in [6.07, 6.45) is 3.79. The van der Waals surface area contributed by atoms with Crippen LogP contribution in [0.1, 0.15) is 52.9 Å². The maximum absolute atomic E-state index is 13.6. The Morgan fingerprint density at radius 1 is 1.15 bits per heavy atom. The molecule has 3 aliphatic rings. The first kappa shape index (κ1) is 25.5. The maximum atomic E-state index is 13.6. The molecule has 1 aromatic heterocycles. The van der Waals surface area contributed by atoms with E-state index in [1.54, 1.807) is 28.8 Å². The van der Waals surface area contributed by atoms with E-state index in [4.69, 9.17) is 16.3 Å². The third-order valence-electron chi connectivity index (χ3n) is 7.80. The number of rotatable bonds is 3. The Bertz CT molecular complexity index is 1500. The van der Waals surface area contributed by atoms with Gasteiger partial charge in [0.25, 0.3) is 11.8 Å². The summed E-state index contributed by atoms with van der Waals surface area (Å²) in [4.78, 5) is 30.3. The van der Waals surface area contributed by atoms with Crippen molar-refractivity contribution in [1.29, 1.82) is 0 Å². The van der Waals surface area contributed by atoms with Crippen molar-refractivity contribution >= 4 is 29.1 Å². The second-order valence-corrected chi connectivity index (χ2v) is 10.8. The Labute approximate surface area is 232 Å². The first-order chi connectivity index (χ1) is 18.8. The fourth-order valence-electron chi connectivity index (χ4n) is 5.56. The van der Waals surface area contributed by atoms with E-state index in [9.17, 15) is 14.7 Å². The Morgan fingerprint density at radius 3 is 2.69 bits per heavy atom. The average molecular weight is 545 g/mol. The molecule has 200 valence electrons. The Balaban J connectivity index is 1.23. The predicted octanol–water partition coefficient (Wildman–Crippen LogP) is 3.66. The highest BCUT2D eigenvalue weighted by molar-refractivity contribution is 6.31. The van der Waals surface area contributed by atoms with E-state index in [0.717, 1.165) is 18.4 Å². The lowest BCUT2D eigenvalue weighted by Gasteiger charge is -2.33. The van der Waals surface area contributed by atoms with Crippen LogP contribution in [0, 0.1) is 11.8 Å². The van der Waals surface area contributed by atoms with Crippen molar-refractivity contribution in [3.8, 4) is 17.6 Å². The van der Waals surface area contributed by atoms with Gasteiger partial charge in [-0.2, -0.15) is 5.10 Å². The first-order valence-electron chi connectivity index (χ1n) is 13.2. The first-order valence-corrected chi connectivity index (χ1v) is 13.6. The molecule has 1 aliphatic carbocycles. The monoisotopic (exact) mass is 544 g/mol. The van der Waals surface area contributed by atoms with Crippen molar-refractivity contribution in [3.63, 3.8) is 0 Å². The van der Waals surface area contributed by atoms with Gasteiger partial charge >= 0.3 is 0 Å². The zero-order chi connectivity index (χ0) is 27.1. The van der Waals surface area contributed by atoms with Gasteiger partial charge in [-0.25, -0.2) is 4.68 Å². The third kappa shape index (κ3) is 4.77. The summed E-state index contributed by atoms with van der Waals surface area (Å²) in [7, 11) is 1.68. The molecule has 6 rings (SSSR count). The number of halogens is 1. The summed E-state index contributed by atoms with van der Waals surface area (Å²) in [6.45, 7) is 0.814. The molecule has 1 atom stereocenters. The lowest BCUT2D eigenvalue weighted by Crippen LogP contribution is -2.54. The highest BCUT2D eigenvalue weighted by Crippen LogP contribution is 2.35. The van der Waals surface area contributed by atoms with Gasteiger partial charge in [-0.3, -0.25) is 9.59 Å². The molecule has 0 bridgehead atoms. The lowest BCUT2D eigenvalue weighted by molar-refractivity contribution is -0.123. The van der Waals surface area contributed by atoms with Gasteiger partial charge in [-0.1, -0.05) is 53.8 Å². The van der Waals surface area contributed by atoms with Gasteiger partial charge in [0.15, 0.2) is 5.69 Å². The molecule has 1 N–H and O–H groups in total. The summed E-state index contributed by atoms with van der Waals surface area (Å²) in [5, 5.41) is 15.6. The third-order valence-corrected chi connectivity index (χ3v) is 8.23. The number of fused-ring (bicyclic) bond motifs is 2. The van der Waals surface area contributed by atoms with Crippen LogP contribution in [0.15, 0.2) is 48.5 Å². The molecule has 0 saturated heterocycles. The predicted molar refractivity (Wildman–Crippen MR) is 147 cm³/mol. The number of hydrogen-bond donors (Lipinski definition) is 1. The summed E-state index contributed by atoms with van der Waals surface area (Å²) in [6, 6.07) is 14.4. The smallest absolute Gasteiger partial charge is 0.275 e. The fourth-order valence-corrected chi connectivity index (χ4v) is 5.84. The van der Waals surface area contributed by atoms with E-state index in [-0.39, 0.29) is 24.1 Å². The number of nitrogens with zero attached hydrogens (tertiary/aromatic N) is 4. The van der Waals surface area contributed by atoms with Crippen LogP contribution in [-0.2, 0) is 17.8 Å². The molecule has 3 aromatic rings. The zero-order valence-electron chi connectivity index (χ0n) is 21.7. The molecule has 0 unspecified atom stereocenters. The Morgan fingerprint density at radius 2 is 1.92 bits per heavy atom. The second-order valence-electron chi connectivity index (χ2n) is 10.4. The van der Waals surface area contributed by atoms with Gasteiger partial charge in [-0.15, -0.1) is 0 Å². The largest absolute Gasteiger partial charge is 0.489 e. The molecule has 0 spiro atoms. The Kier molecular flexibility index (Phi) is 6.57. The van der Waals surface area contributed by atoms with Crippen LogP contribution in [0.2, 0.25) is 5.15 Å². The minimum Gasteiger partial charge on any atom is -0.489 e. The minimum atomic E-state index is -0.944. The standard InChI is InChI=1S/C30H29ClN4O4/c1-33-23-17-20(11-15-30(38)13-5-6-14-30)9-10-25(23)39-19-24(28(33)36)34-16-12-22-26(29(34)37)32-35(27(22)31)18-21-7-3-2-4-8-21/h2-4,7-10,17,24,38H,5-6,12-14,16,18-19H2,1H3/t24-/m0/s1. The van der Waals surface area contributed by atoms with E-state index < -0.39 is 11.6 Å². The molecule has 2 amide bonds. The number of hydrogen-bond acceptors (Lipinski definition) is 5. The van der Waals surface area contributed by atoms with Crippen molar-refractivity contribution in [1.82, 2.24) is 14.7 Å². The van der Waals surface area contributed by atoms with Crippen LogP contribution in [0.3, 0.4) is 0 Å². The molecular formula is C30H29ClN4O4. The number of carbonyl (C=O) groups excluding carboxylic acids is 2. The zero-order valence-corrected chi connectivity index (χ0v) is 22.4. The van der Waals surface area contributed by atoms with E-state index in [0.29, 0.717) is 60.1 Å². The quantitative estimate of drug-likeness (QED) is 0.508. The molecule has 9 heteroatoms. The van der Waals surface area contributed by atoms with Crippen LogP contribution in [-0.4, -0.2) is 63.4 Å². The molecule has 39 heavy (non-hydrogen) atoms. The fraction of sp³-hybridized carbons (Fsp3) is 0.367. The van der Waals surface area contributed by atoms with Gasteiger partial charge < -0.3 is 19.6 Å². The average Bonchev–Trinajstić information content (AvgIpc) is 3.49. The van der Waals surface area contributed by atoms with Crippen LogP contribution >= 0.6 is 11.6 Å². The van der Waals surface area contributed by atoms with Crippen molar-refractivity contribution in [2.45, 2.75) is 50.3 Å². The van der Waals surface area contributed by atoms with E-state index in [1.165, 1.54) is 4.90 Å². The van der Waals surface area contributed by atoms with Crippen molar-refractivity contribution in [3.05, 3.63) is 76.1 Å². The van der Waals surface area contributed by atoms with E-state index in [1.807, 2.05) is 36.4 Å². The molecule has 1 saturated carbocycles. The SMILES string of the molecule is CN1C(=O)[C@@H](N2CCc3c(nn(Cc4ccccc4)c3Cl)C2=O)COc2ccc(C#CC3(O)CCCC3)cc21. The van der Waals surface area contributed by atoms with E-state index >= 15 is 0 Å². The van der Waals surface area contributed by atoms with Gasteiger partial charge in [0.1, 0.15) is 29.2 Å². The number of amides is 2. The van der Waals surface area contributed by atoms with Crippen LogP contribution in [0.25, 0.3) is 0 Å². The van der Waals surface area contributed by atoms with Crippen molar-refractivity contribution < 1.29 is 19.4 Å². The molecule has 8 nitrogen and oxygen atoms in total. The van der Waals surface area contributed by atoms with E-state index in [2.05, 4.69) is 16.9 Å².